The fraction of sp³-hybridized carbons (Fsp3) is 0. The Labute approximate surface area is 138 Å². The Hall–Kier alpha value is -2.78. The SMILES string of the molecule is O=C(/C=C\Nc1cc(Cl)ccc1O)c1cccc2ccccc12. The summed E-state index contributed by atoms with van der Waals surface area (Å²) < 4.78 is 0. The summed E-state index contributed by atoms with van der Waals surface area (Å²) in [5.74, 6) is -0.0486. The van der Waals surface area contributed by atoms with Gasteiger partial charge in [0.25, 0.3) is 0 Å². The van der Waals surface area contributed by atoms with Gasteiger partial charge in [0.2, 0.25) is 0 Å². The quantitative estimate of drug-likeness (QED) is 0.403. The molecule has 0 amide bonds. The average Bonchev–Trinajstić information content (AvgIpc) is 2.57. The highest BCUT2D eigenvalue weighted by atomic mass is 35.5. The summed E-state index contributed by atoms with van der Waals surface area (Å²) >= 11 is 5.88. The smallest absolute Gasteiger partial charge is 0.187 e. The molecule has 0 aliphatic rings. The number of rotatable bonds is 4. The molecule has 0 saturated heterocycles. The Morgan fingerprint density at radius 3 is 2.70 bits per heavy atom. The van der Waals surface area contributed by atoms with Crippen LogP contribution in [0.2, 0.25) is 5.02 Å². The van der Waals surface area contributed by atoms with Crippen molar-refractivity contribution >= 4 is 33.8 Å². The van der Waals surface area contributed by atoms with Gasteiger partial charge in [-0.1, -0.05) is 54.1 Å². The van der Waals surface area contributed by atoms with E-state index < -0.39 is 0 Å². The number of aromatic hydroxyl groups is 1. The molecular weight excluding hydrogens is 310 g/mol. The summed E-state index contributed by atoms with van der Waals surface area (Å²) in [6, 6.07) is 18.0. The summed E-state index contributed by atoms with van der Waals surface area (Å²) in [4.78, 5) is 12.4. The van der Waals surface area contributed by atoms with Crippen LogP contribution in [0.1, 0.15) is 10.4 Å². The first-order valence-corrected chi connectivity index (χ1v) is 7.46. The van der Waals surface area contributed by atoms with Gasteiger partial charge in [-0.2, -0.15) is 0 Å². The van der Waals surface area contributed by atoms with E-state index >= 15 is 0 Å². The van der Waals surface area contributed by atoms with E-state index in [-0.39, 0.29) is 11.5 Å². The third-order valence-electron chi connectivity index (χ3n) is 3.49. The zero-order valence-corrected chi connectivity index (χ0v) is 12.9. The molecule has 3 rings (SSSR count). The van der Waals surface area contributed by atoms with Crippen LogP contribution in [0.15, 0.2) is 72.9 Å². The number of nitrogens with one attached hydrogen (secondary N) is 1. The van der Waals surface area contributed by atoms with Crippen molar-refractivity contribution < 1.29 is 9.90 Å². The van der Waals surface area contributed by atoms with E-state index in [1.54, 1.807) is 18.2 Å². The molecule has 0 bridgehead atoms. The van der Waals surface area contributed by atoms with Crippen LogP contribution in [0, 0.1) is 0 Å². The Balaban J connectivity index is 1.82. The lowest BCUT2D eigenvalue weighted by atomic mass is 10.0. The fourth-order valence-corrected chi connectivity index (χ4v) is 2.53. The Kier molecular flexibility index (Phi) is 4.31. The summed E-state index contributed by atoms with van der Waals surface area (Å²) in [5, 5.41) is 15.0. The van der Waals surface area contributed by atoms with E-state index in [0.717, 1.165) is 10.8 Å². The maximum Gasteiger partial charge on any atom is 0.187 e. The first-order valence-electron chi connectivity index (χ1n) is 7.09. The molecule has 0 atom stereocenters. The highest BCUT2D eigenvalue weighted by Crippen LogP contribution is 2.26. The molecule has 4 heteroatoms. The number of phenols is 1. The van der Waals surface area contributed by atoms with Gasteiger partial charge in [-0.3, -0.25) is 4.79 Å². The van der Waals surface area contributed by atoms with Gasteiger partial charge in [0, 0.05) is 22.9 Å². The second-order valence-electron chi connectivity index (χ2n) is 5.03. The van der Waals surface area contributed by atoms with E-state index in [2.05, 4.69) is 5.32 Å². The summed E-state index contributed by atoms with van der Waals surface area (Å²) in [5.41, 5.74) is 1.08. The largest absolute Gasteiger partial charge is 0.506 e. The van der Waals surface area contributed by atoms with Gasteiger partial charge in [0.05, 0.1) is 5.69 Å². The molecule has 0 fully saturated rings. The molecule has 0 saturated carbocycles. The van der Waals surface area contributed by atoms with Crippen LogP contribution >= 0.6 is 11.6 Å². The predicted molar refractivity (Wildman–Crippen MR) is 94.2 cm³/mol. The highest BCUT2D eigenvalue weighted by Gasteiger charge is 2.06. The van der Waals surface area contributed by atoms with Gasteiger partial charge >= 0.3 is 0 Å². The molecule has 114 valence electrons. The summed E-state index contributed by atoms with van der Waals surface area (Å²) in [6.45, 7) is 0. The number of halogens is 1. The van der Waals surface area contributed by atoms with Gasteiger partial charge < -0.3 is 10.4 Å². The van der Waals surface area contributed by atoms with E-state index in [1.807, 2.05) is 36.4 Å². The van der Waals surface area contributed by atoms with Gasteiger partial charge in [0.15, 0.2) is 5.78 Å². The average molecular weight is 324 g/mol. The van der Waals surface area contributed by atoms with E-state index in [1.165, 1.54) is 18.3 Å². The van der Waals surface area contributed by atoms with Crippen molar-refractivity contribution in [2.24, 2.45) is 0 Å². The number of hydrogen-bond acceptors (Lipinski definition) is 3. The summed E-state index contributed by atoms with van der Waals surface area (Å²) in [7, 11) is 0. The number of hydrogen-bond donors (Lipinski definition) is 2. The number of anilines is 1. The van der Waals surface area contributed by atoms with Gasteiger partial charge in [-0.15, -0.1) is 0 Å². The molecule has 0 unspecified atom stereocenters. The molecule has 0 aromatic heterocycles. The first kappa shape index (κ1) is 15.1. The minimum absolute atomic E-state index is 0.0664. The molecule has 0 spiro atoms. The van der Waals surface area contributed by atoms with Crippen LogP contribution in [0.3, 0.4) is 0 Å². The third kappa shape index (κ3) is 3.35. The Morgan fingerprint density at radius 2 is 1.83 bits per heavy atom. The van der Waals surface area contributed by atoms with Crippen molar-refractivity contribution in [3.63, 3.8) is 0 Å². The molecule has 0 aliphatic carbocycles. The van der Waals surface area contributed by atoms with E-state index in [0.29, 0.717) is 16.3 Å². The zero-order chi connectivity index (χ0) is 16.2. The van der Waals surface area contributed by atoms with Crippen LogP contribution in [-0.2, 0) is 0 Å². The van der Waals surface area contributed by atoms with Crippen molar-refractivity contribution in [3.8, 4) is 5.75 Å². The number of carbonyl (C=O) groups is 1. The van der Waals surface area contributed by atoms with E-state index in [9.17, 15) is 9.90 Å². The number of carbonyl (C=O) groups excluding carboxylic acids is 1. The minimum Gasteiger partial charge on any atom is -0.506 e. The summed E-state index contributed by atoms with van der Waals surface area (Å²) in [6.07, 6.45) is 2.93. The number of fused-ring (bicyclic) bond motifs is 1. The second-order valence-corrected chi connectivity index (χ2v) is 5.47. The molecule has 0 aliphatic heterocycles. The number of allylic oxidation sites excluding steroid dienone is 1. The van der Waals surface area contributed by atoms with Gasteiger partial charge in [-0.05, 0) is 29.0 Å². The molecule has 23 heavy (non-hydrogen) atoms. The lowest BCUT2D eigenvalue weighted by molar-refractivity contribution is 0.104. The Bertz CT molecular complexity index is 898. The van der Waals surface area contributed by atoms with Crippen molar-refractivity contribution in [2.75, 3.05) is 5.32 Å². The number of benzene rings is 3. The van der Waals surface area contributed by atoms with Crippen LogP contribution in [0.25, 0.3) is 10.8 Å². The molecule has 3 nitrogen and oxygen atoms in total. The zero-order valence-electron chi connectivity index (χ0n) is 12.2. The molecule has 0 heterocycles. The van der Waals surface area contributed by atoms with Gasteiger partial charge in [0.1, 0.15) is 5.75 Å². The topological polar surface area (TPSA) is 49.3 Å². The number of ketones is 1. The normalized spacial score (nSPS) is 11.0. The molecule has 0 radical (unpaired) electrons. The maximum atomic E-state index is 12.4. The van der Waals surface area contributed by atoms with Gasteiger partial charge in [-0.25, -0.2) is 0 Å². The lowest BCUT2D eigenvalue weighted by Crippen LogP contribution is -1.97. The standard InChI is InChI=1S/C19H14ClNO2/c20-14-8-9-19(23)17(12-14)21-11-10-18(22)16-7-3-5-13-4-1-2-6-15(13)16/h1-12,21,23H/b11-10-. The molecule has 2 N–H and O–H groups in total. The maximum absolute atomic E-state index is 12.4. The first-order chi connectivity index (χ1) is 11.1. The van der Waals surface area contributed by atoms with Crippen molar-refractivity contribution in [2.45, 2.75) is 0 Å². The second kappa shape index (κ2) is 6.55. The molecular formula is C19H14ClNO2. The minimum atomic E-state index is -0.115. The van der Waals surface area contributed by atoms with Crippen molar-refractivity contribution in [1.82, 2.24) is 0 Å². The lowest BCUT2D eigenvalue weighted by Gasteiger charge is -2.05. The predicted octanol–water partition coefficient (Wildman–Crippen LogP) is 5.01. The highest BCUT2D eigenvalue weighted by molar-refractivity contribution is 6.30. The van der Waals surface area contributed by atoms with Crippen LogP contribution in [0.4, 0.5) is 5.69 Å². The third-order valence-corrected chi connectivity index (χ3v) is 3.72. The van der Waals surface area contributed by atoms with Crippen molar-refractivity contribution in [3.05, 3.63) is 83.5 Å². The van der Waals surface area contributed by atoms with E-state index in [4.69, 9.17) is 11.6 Å². The molecule has 3 aromatic rings. The monoisotopic (exact) mass is 323 g/mol. The number of phenolic OH excluding ortho intramolecular Hbond substituents is 1. The molecule has 3 aromatic carbocycles. The Morgan fingerprint density at radius 1 is 1.04 bits per heavy atom. The van der Waals surface area contributed by atoms with Crippen LogP contribution in [-0.4, -0.2) is 10.9 Å². The van der Waals surface area contributed by atoms with Crippen LogP contribution in [0.5, 0.6) is 5.75 Å². The van der Waals surface area contributed by atoms with Crippen LogP contribution < -0.4 is 5.32 Å². The fourth-order valence-electron chi connectivity index (χ4n) is 2.36. The van der Waals surface area contributed by atoms with Crippen molar-refractivity contribution in [1.29, 1.82) is 0 Å².